The Morgan fingerprint density at radius 1 is 0.676 bits per heavy atom. The zero-order chi connectivity index (χ0) is 27.5. The molecule has 0 aromatic heterocycles. The van der Waals surface area contributed by atoms with Crippen LogP contribution in [0.2, 0.25) is 0 Å². The molecule has 0 bridgehead atoms. The molecule has 0 aliphatic heterocycles. The Morgan fingerprint density at radius 2 is 1.05 bits per heavy atom. The van der Waals surface area contributed by atoms with E-state index in [2.05, 4.69) is 93.0 Å². The smallest absolute Gasteiger partial charge is 0.872 e. The topological polar surface area (TPSA) is 58.1 Å². The van der Waals surface area contributed by atoms with Gasteiger partial charge in [0, 0.05) is 6.54 Å². The van der Waals surface area contributed by atoms with Crippen molar-refractivity contribution in [1.29, 1.82) is 0 Å². The van der Waals surface area contributed by atoms with E-state index >= 15 is 0 Å². The summed E-state index contributed by atoms with van der Waals surface area (Å²) < 4.78 is 3.65. The average Bonchev–Trinajstić information content (AvgIpc) is 2.69. The van der Waals surface area contributed by atoms with Gasteiger partial charge in [-0.2, -0.15) is 0 Å². The predicted octanol–water partition coefficient (Wildman–Crippen LogP) is 7.98. The van der Waals surface area contributed by atoms with Crippen molar-refractivity contribution in [2.45, 2.75) is 122 Å². The van der Waals surface area contributed by atoms with E-state index in [9.17, 15) is 10.2 Å². The Bertz CT molecular complexity index is 941. The van der Waals surface area contributed by atoms with Crippen molar-refractivity contribution in [3.05, 3.63) is 47.5 Å². The van der Waals surface area contributed by atoms with E-state index in [4.69, 9.17) is 0 Å². The number of hydrogen-bond acceptors (Lipinski definition) is 3. The van der Waals surface area contributed by atoms with Crippen molar-refractivity contribution in [2.24, 2.45) is 10.8 Å². The van der Waals surface area contributed by atoms with Crippen molar-refractivity contribution in [2.75, 3.05) is 6.54 Å². The van der Waals surface area contributed by atoms with Gasteiger partial charge in [0.2, 0.25) is 0 Å². The van der Waals surface area contributed by atoms with Crippen molar-refractivity contribution in [1.82, 2.24) is 4.72 Å². The van der Waals surface area contributed by atoms with Gasteiger partial charge in [-0.25, -0.2) is 0 Å². The summed E-state index contributed by atoms with van der Waals surface area (Å²) in [7, 11) is 0. The molecule has 0 heterocycles. The van der Waals surface area contributed by atoms with Crippen LogP contribution in [0.1, 0.15) is 113 Å². The zero-order valence-electron chi connectivity index (χ0n) is 25.1. The molecule has 0 saturated heterocycles. The van der Waals surface area contributed by atoms with Gasteiger partial charge < -0.3 is 10.2 Å². The van der Waals surface area contributed by atoms with Crippen LogP contribution >= 0.6 is 11.1 Å². The minimum atomic E-state index is -1.27. The number of nitrogens with one attached hydrogen (secondary N) is 1. The molecule has 212 valence electrons. The molecule has 0 fully saturated rings. The average molecular weight is 573 g/mol. The first-order valence-electron chi connectivity index (χ1n) is 13.5. The molecule has 0 spiro atoms. The standard InChI is InChI=1S/C32H53NO2S.Ni/c1-12-13-18-33-36(27-19-23(14-16-25(27)34)31(8,9)21-29(2,3)4)28-20-24(15-17-26(28)35)32(10,11)22-30(5,6)7;/h14-17,19-20,33-36H,12-13,18,21-22H2,1-11H3;/q;+2/p-2. The quantitative estimate of drug-likeness (QED) is 0.172. The molecular weight excluding hydrogens is 521 g/mol. The Kier molecular flexibility index (Phi) is 11.7. The Hall–Kier alpha value is -1.16. The third-order valence-corrected chi connectivity index (χ3v) is 8.91. The fourth-order valence-corrected chi connectivity index (χ4v) is 7.86. The second kappa shape index (κ2) is 12.8. The van der Waals surface area contributed by atoms with Crippen LogP contribution in [0, 0.1) is 10.8 Å². The second-order valence-electron chi connectivity index (χ2n) is 14.2. The number of hydrogen-bond donors (Lipinski definition) is 2. The van der Waals surface area contributed by atoms with Gasteiger partial charge in [-0.15, -0.1) is 11.1 Å². The van der Waals surface area contributed by atoms with Gasteiger partial charge >= 0.3 is 16.5 Å². The van der Waals surface area contributed by atoms with Gasteiger partial charge in [-0.05, 0) is 74.0 Å². The molecule has 0 unspecified atom stereocenters. The summed E-state index contributed by atoms with van der Waals surface area (Å²) in [4.78, 5) is 1.48. The van der Waals surface area contributed by atoms with Crippen LogP contribution in [0.25, 0.3) is 0 Å². The van der Waals surface area contributed by atoms with Gasteiger partial charge in [0.1, 0.15) is 0 Å². The van der Waals surface area contributed by atoms with Crippen molar-refractivity contribution < 1.29 is 26.7 Å². The maximum Gasteiger partial charge on any atom is 2.00 e. The molecule has 2 aromatic rings. The summed E-state index contributed by atoms with van der Waals surface area (Å²) in [5.74, 6) is 0.0262. The summed E-state index contributed by atoms with van der Waals surface area (Å²) in [5.41, 5.74) is 2.49. The van der Waals surface area contributed by atoms with Crippen LogP contribution in [-0.2, 0) is 27.3 Å². The summed E-state index contributed by atoms with van der Waals surface area (Å²) in [6, 6.07) is 11.6. The molecule has 2 aromatic carbocycles. The maximum absolute atomic E-state index is 13.3. The minimum absolute atomic E-state index is 0. The van der Waals surface area contributed by atoms with Crippen LogP contribution in [-0.4, -0.2) is 6.54 Å². The number of rotatable bonds is 10. The Labute approximate surface area is 240 Å². The molecule has 5 heteroatoms. The molecule has 0 amide bonds. The van der Waals surface area contributed by atoms with Gasteiger partial charge in [0.05, 0.1) is 0 Å². The number of benzene rings is 2. The second-order valence-corrected chi connectivity index (χ2v) is 16.2. The molecule has 0 radical (unpaired) electrons. The number of unbranched alkanes of at least 4 members (excludes halogenated alkanes) is 1. The summed E-state index contributed by atoms with van der Waals surface area (Å²) in [6.45, 7) is 25.5. The Balaban J connectivity index is 0.00000684. The molecule has 0 aliphatic rings. The monoisotopic (exact) mass is 571 g/mol. The maximum atomic E-state index is 13.3. The Morgan fingerprint density at radius 3 is 1.38 bits per heavy atom. The van der Waals surface area contributed by atoms with Gasteiger partial charge in [-0.1, -0.05) is 118 Å². The largest absolute Gasteiger partial charge is 2.00 e. The van der Waals surface area contributed by atoms with Gasteiger partial charge in [0.25, 0.3) is 0 Å². The van der Waals surface area contributed by atoms with E-state index in [0.717, 1.165) is 53.1 Å². The number of thiol groups is 1. The van der Waals surface area contributed by atoms with Crippen molar-refractivity contribution in [3.8, 4) is 11.5 Å². The van der Waals surface area contributed by atoms with Gasteiger partial charge in [0.15, 0.2) is 0 Å². The van der Waals surface area contributed by atoms with Crippen LogP contribution < -0.4 is 14.9 Å². The molecular formula is C32H51NNiO2S. The summed E-state index contributed by atoms with van der Waals surface area (Å²) in [5, 5.41) is 26.6. The van der Waals surface area contributed by atoms with E-state index in [1.165, 1.54) is 0 Å². The van der Waals surface area contributed by atoms with E-state index in [0.29, 0.717) is 0 Å². The van der Waals surface area contributed by atoms with Crippen LogP contribution in [0.3, 0.4) is 0 Å². The summed E-state index contributed by atoms with van der Waals surface area (Å²) >= 11 is -1.27. The molecule has 1 N–H and O–H groups in total. The minimum Gasteiger partial charge on any atom is -0.872 e. The molecule has 0 aliphatic carbocycles. The molecule has 3 nitrogen and oxygen atoms in total. The van der Waals surface area contributed by atoms with Gasteiger partial charge in [-0.3, -0.25) is 4.72 Å². The third kappa shape index (κ3) is 9.83. The molecule has 37 heavy (non-hydrogen) atoms. The van der Waals surface area contributed by atoms with E-state index in [-0.39, 0.29) is 49.7 Å². The first-order chi connectivity index (χ1) is 16.4. The predicted molar refractivity (Wildman–Crippen MR) is 154 cm³/mol. The van der Waals surface area contributed by atoms with Crippen LogP contribution in [0.4, 0.5) is 0 Å². The third-order valence-electron chi connectivity index (χ3n) is 6.71. The van der Waals surface area contributed by atoms with Crippen molar-refractivity contribution >= 4 is 11.1 Å². The van der Waals surface area contributed by atoms with Crippen LogP contribution in [0.15, 0.2) is 46.2 Å². The fourth-order valence-electron chi connectivity index (χ4n) is 5.75. The molecule has 2 rings (SSSR count). The normalized spacial score (nSPS) is 13.3. The van der Waals surface area contributed by atoms with E-state index in [1.54, 1.807) is 12.1 Å². The van der Waals surface area contributed by atoms with Crippen LogP contribution in [0.5, 0.6) is 11.5 Å². The molecule has 0 atom stereocenters. The summed E-state index contributed by atoms with van der Waals surface area (Å²) in [6.07, 6.45) is 4.07. The van der Waals surface area contributed by atoms with E-state index < -0.39 is 11.1 Å². The van der Waals surface area contributed by atoms with Crippen molar-refractivity contribution in [3.63, 3.8) is 0 Å². The SMILES string of the molecule is CCCCN[SH](c1cc(C(C)(C)CC(C)(C)C)ccc1[O-])c1cc(C(C)(C)CC(C)(C)C)ccc1[O-].[Ni+2]. The van der Waals surface area contributed by atoms with E-state index in [1.807, 2.05) is 12.1 Å². The first-order valence-corrected chi connectivity index (χ1v) is 14.9. The first kappa shape index (κ1) is 33.9. The zero-order valence-corrected chi connectivity index (χ0v) is 27.0. The molecule has 0 saturated carbocycles. The fraction of sp³-hybridized carbons (Fsp3) is 0.625.